The third-order valence-electron chi connectivity index (χ3n) is 5.91. The molecule has 0 N–H and O–H groups in total. The van der Waals surface area contributed by atoms with Gasteiger partial charge in [0, 0.05) is 49.9 Å². The molecule has 2 heterocycles. The Labute approximate surface area is 177 Å². The van der Waals surface area contributed by atoms with E-state index in [-0.39, 0.29) is 17.6 Å². The first-order chi connectivity index (χ1) is 14.6. The number of carbonyl (C=O) groups is 2. The van der Waals surface area contributed by atoms with Gasteiger partial charge < -0.3 is 9.47 Å². The minimum absolute atomic E-state index is 0.111. The summed E-state index contributed by atoms with van der Waals surface area (Å²) in [5, 5.41) is 0. The van der Waals surface area contributed by atoms with Crippen LogP contribution in [-0.4, -0.2) is 39.2 Å². The average Bonchev–Trinajstić information content (AvgIpc) is 3.22. The molecule has 154 valence electrons. The molecule has 30 heavy (non-hydrogen) atoms. The molecule has 3 aromatic rings. The zero-order valence-corrected chi connectivity index (χ0v) is 17.3. The van der Waals surface area contributed by atoms with E-state index in [4.69, 9.17) is 0 Å². The van der Waals surface area contributed by atoms with Crippen molar-refractivity contribution < 1.29 is 9.59 Å². The van der Waals surface area contributed by atoms with E-state index in [1.807, 2.05) is 65.1 Å². The van der Waals surface area contributed by atoms with Gasteiger partial charge >= 0.3 is 0 Å². The first-order valence-corrected chi connectivity index (χ1v) is 10.6. The second kappa shape index (κ2) is 9.08. The number of ketones is 1. The Hall–Kier alpha value is -3.21. The maximum absolute atomic E-state index is 13.1. The fourth-order valence-corrected chi connectivity index (χ4v) is 4.13. The highest BCUT2D eigenvalue weighted by Crippen LogP contribution is 2.24. The zero-order chi connectivity index (χ0) is 20.9. The van der Waals surface area contributed by atoms with Crippen molar-refractivity contribution in [2.24, 2.45) is 5.92 Å². The van der Waals surface area contributed by atoms with E-state index >= 15 is 0 Å². The Morgan fingerprint density at radius 3 is 2.47 bits per heavy atom. The molecule has 0 radical (unpaired) electrons. The van der Waals surface area contributed by atoms with Crippen molar-refractivity contribution >= 4 is 11.7 Å². The van der Waals surface area contributed by atoms with Gasteiger partial charge in [-0.2, -0.15) is 0 Å². The maximum atomic E-state index is 13.1. The van der Waals surface area contributed by atoms with Crippen LogP contribution in [0, 0.1) is 12.8 Å². The molecule has 1 fully saturated rings. The highest BCUT2D eigenvalue weighted by Gasteiger charge is 2.28. The number of likely N-dealkylation sites (tertiary alicyclic amines) is 1. The Morgan fingerprint density at radius 1 is 1.03 bits per heavy atom. The van der Waals surface area contributed by atoms with Crippen LogP contribution < -0.4 is 0 Å². The van der Waals surface area contributed by atoms with Crippen LogP contribution in [0.2, 0.25) is 0 Å². The molecule has 1 saturated heterocycles. The molecule has 0 aliphatic carbocycles. The van der Waals surface area contributed by atoms with Gasteiger partial charge in [0.25, 0.3) is 0 Å². The summed E-state index contributed by atoms with van der Waals surface area (Å²) in [6, 6.07) is 18.0. The summed E-state index contributed by atoms with van der Waals surface area (Å²) in [4.78, 5) is 31.8. The highest BCUT2D eigenvalue weighted by atomic mass is 16.2. The molecule has 5 nitrogen and oxygen atoms in total. The topological polar surface area (TPSA) is 55.2 Å². The summed E-state index contributed by atoms with van der Waals surface area (Å²) in [6.45, 7) is 3.81. The summed E-state index contributed by atoms with van der Waals surface area (Å²) in [5.74, 6) is 1.03. The summed E-state index contributed by atoms with van der Waals surface area (Å²) < 4.78 is 1.98. The summed E-state index contributed by atoms with van der Waals surface area (Å²) in [6.07, 6.45) is 5.78. The van der Waals surface area contributed by atoms with E-state index in [0.717, 1.165) is 41.9 Å². The third-order valence-corrected chi connectivity index (χ3v) is 5.91. The lowest BCUT2D eigenvalue weighted by Crippen LogP contribution is -2.42. The van der Waals surface area contributed by atoms with E-state index in [2.05, 4.69) is 17.1 Å². The lowest BCUT2D eigenvalue weighted by molar-refractivity contribution is -0.132. The monoisotopic (exact) mass is 401 g/mol. The van der Waals surface area contributed by atoms with E-state index in [9.17, 15) is 9.59 Å². The fourth-order valence-electron chi connectivity index (χ4n) is 4.13. The molecular weight excluding hydrogens is 374 g/mol. The van der Waals surface area contributed by atoms with Gasteiger partial charge in [0.1, 0.15) is 5.82 Å². The van der Waals surface area contributed by atoms with Crippen LogP contribution in [0.5, 0.6) is 0 Å². The highest BCUT2D eigenvalue weighted by molar-refractivity contribution is 5.98. The number of hydrogen-bond acceptors (Lipinski definition) is 3. The molecule has 4 rings (SSSR count). The van der Waals surface area contributed by atoms with Gasteiger partial charge in [-0.1, -0.05) is 54.6 Å². The molecule has 1 aliphatic heterocycles. The van der Waals surface area contributed by atoms with Crippen molar-refractivity contribution in [2.75, 3.05) is 13.1 Å². The number of piperidine rings is 1. The number of aryl methyl sites for hydroxylation is 2. The van der Waals surface area contributed by atoms with E-state index in [1.165, 1.54) is 0 Å². The fraction of sp³-hybridized carbons (Fsp3) is 0.320. The van der Waals surface area contributed by atoms with Crippen molar-refractivity contribution in [1.29, 1.82) is 0 Å². The molecule has 1 atom stereocenters. The van der Waals surface area contributed by atoms with Gasteiger partial charge in [0.2, 0.25) is 5.91 Å². The van der Waals surface area contributed by atoms with Crippen LogP contribution in [0.1, 0.15) is 35.4 Å². The van der Waals surface area contributed by atoms with Crippen LogP contribution in [0.25, 0.3) is 11.1 Å². The largest absolute Gasteiger partial charge is 0.342 e. The van der Waals surface area contributed by atoms with Crippen molar-refractivity contribution in [2.45, 2.75) is 32.7 Å². The number of hydrogen-bond donors (Lipinski definition) is 0. The molecule has 1 aromatic heterocycles. The van der Waals surface area contributed by atoms with E-state index < -0.39 is 0 Å². The Bertz CT molecular complexity index is 1010. The van der Waals surface area contributed by atoms with Crippen LogP contribution >= 0.6 is 0 Å². The van der Waals surface area contributed by atoms with Crippen LogP contribution in [-0.2, 0) is 11.3 Å². The van der Waals surface area contributed by atoms with Crippen LogP contribution in [0.3, 0.4) is 0 Å². The molecule has 0 bridgehead atoms. The average molecular weight is 402 g/mol. The molecule has 1 aliphatic rings. The Balaban J connectivity index is 1.37. The number of aromatic nitrogens is 2. The van der Waals surface area contributed by atoms with Gasteiger partial charge in [-0.15, -0.1) is 0 Å². The van der Waals surface area contributed by atoms with Gasteiger partial charge in [0.05, 0.1) is 0 Å². The van der Waals surface area contributed by atoms with Crippen LogP contribution in [0.15, 0.2) is 67.0 Å². The quantitative estimate of drug-likeness (QED) is 0.577. The Morgan fingerprint density at radius 2 is 1.77 bits per heavy atom. The smallest absolute Gasteiger partial charge is 0.224 e. The molecule has 0 saturated carbocycles. The first-order valence-electron chi connectivity index (χ1n) is 10.6. The maximum Gasteiger partial charge on any atom is 0.224 e. The van der Waals surface area contributed by atoms with E-state index in [1.54, 1.807) is 6.20 Å². The number of imidazole rings is 1. The van der Waals surface area contributed by atoms with Crippen molar-refractivity contribution in [3.8, 4) is 11.1 Å². The summed E-state index contributed by atoms with van der Waals surface area (Å²) >= 11 is 0. The van der Waals surface area contributed by atoms with Gasteiger partial charge in [-0.3, -0.25) is 9.59 Å². The van der Waals surface area contributed by atoms with Gasteiger partial charge in [0.15, 0.2) is 5.78 Å². The van der Waals surface area contributed by atoms with Crippen LogP contribution in [0.4, 0.5) is 0 Å². The molecule has 0 spiro atoms. The minimum atomic E-state index is -0.125. The number of benzene rings is 2. The summed E-state index contributed by atoms with van der Waals surface area (Å²) in [7, 11) is 0. The van der Waals surface area contributed by atoms with Crippen molar-refractivity contribution in [3.05, 3.63) is 78.4 Å². The third kappa shape index (κ3) is 4.51. The second-order valence-electron chi connectivity index (χ2n) is 7.90. The predicted octanol–water partition coefficient (Wildman–Crippen LogP) is 4.37. The number of carbonyl (C=O) groups excluding carboxylic acids is 2. The Kier molecular flexibility index (Phi) is 6.07. The standard InChI is InChI=1S/C25H27N3O2/c1-19-26-14-17-27(19)16-13-24(29)28-15-5-8-23(18-28)25(30)22-11-9-21(10-12-22)20-6-3-2-4-7-20/h2-4,6-7,9-12,14,17,23H,5,8,13,15-16,18H2,1H3. The minimum Gasteiger partial charge on any atom is -0.342 e. The lowest BCUT2D eigenvalue weighted by Gasteiger charge is -2.32. The predicted molar refractivity (Wildman–Crippen MR) is 117 cm³/mol. The number of amides is 1. The SMILES string of the molecule is Cc1nccn1CCC(=O)N1CCCC(C(=O)c2ccc(-c3ccccc3)cc2)C1. The molecule has 1 unspecified atom stereocenters. The van der Waals surface area contributed by atoms with Crippen molar-refractivity contribution in [3.63, 3.8) is 0 Å². The number of nitrogens with zero attached hydrogens (tertiary/aromatic N) is 3. The van der Waals surface area contributed by atoms with Gasteiger partial charge in [-0.05, 0) is 30.9 Å². The normalized spacial score (nSPS) is 16.4. The molecule has 1 amide bonds. The molecular formula is C25H27N3O2. The molecule has 2 aromatic carbocycles. The first kappa shape index (κ1) is 20.1. The van der Waals surface area contributed by atoms with Crippen molar-refractivity contribution in [1.82, 2.24) is 14.5 Å². The van der Waals surface area contributed by atoms with E-state index in [0.29, 0.717) is 19.5 Å². The number of Topliss-reactive ketones (excluding diaryl/α,β-unsaturated/α-hetero) is 1. The molecule has 5 heteroatoms. The number of rotatable bonds is 6. The lowest BCUT2D eigenvalue weighted by atomic mass is 9.89. The zero-order valence-electron chi connectivity index (χ0n) is 17.3. The van der Waals surface area contributed by atoms with Gasteiger partial charge in [-0.25, -0.2) is 4.98 Å². The summed E-state index contributed by atoms with van der Waals surface area (Å²) in [5.41, 5.74) is 2.96. The second-order valence-corrected chi connectivity index (χ2v) is 7.90.